The summed E-state index contributed by atoms with van der Waals surface area (Å²) >= 11 is 0. The van der Waals surface area contributed by atoms with E-state index in [9.17, 15) is 4.79 Å². The Morgan fingerprint density at radius 1 is 0.889 bits per heavy atom. The quantitative estimate of drug-likeness (QED) is 0.659. The third kappa shape index (κ3) is 4.77. The Bertz CT molecular complexity index is 222. The Kier molecular flexibility index (Phi) is 5.66. The second kappa shape index (κ2) is 7.52. The molecule has 2 unspecified atom stereocenters. The summed E-state index contributed by atoms with van der Waals surface area (Å²) in [6, 6.07) is 0. The Balaban J connectivity index is 1.54. The van der Waals surface area contributed by atoms with E-state index in [1.165, 1.54) is 0 Å². The van der Waals surface area contributed by atoms with Crippen LogP contribution in [0.15, 0.2) is 0 Å². The molecule has 0 saturated carbocycles. The molecule has 7 nitrogen and oxygen atoms in total. The van der Waals surface area contributed by atoms with Gasteiger partial charge in [0.2, 0.25) is 0 Å². The third-order valence-electron chi connectivity index (χ3n) is 2.54. The van der Waals surface area contributed by atoms with Gasteiger partial charge in [0.25, 0.3) is 0 Å². The minimum Gasteiger partial charge on any atom is -0.431 e. The van der Waals surface area contributed by atoms with Crippen LogP contribution in [0.5, 0.6) is 0 Å². The maximum absolute atomic E-state index is 11.3. The fourth-order valence-electron chi connectivity index (χ4n) is 1.63. The molecular weight excluding hydrogens is 244 g/mol. The van der Waals surface area contributed by atoms with Crippen LogP contribution in [0, 0.1) is 0 Å². The zero-order valence-electron chi connectivity index (χ0n) is 10.2. The maximum atomic E-state index is 11.3. The second-order valence-corrected chi connectivity index (χ2v) is 4.01. The van der Waals surface area contributed by atoms with Crippen LogP contribution in [0.25, 0.3) is 0 Å². The van der Waals surface area contributed by atoms with Crippen molar-refractivity contribution in [1.82, 2.24) is 0 Å². The molecule has 0 amide bonds. The van der Waals surface area contributed by atoms with Crippen LogP contribution in [-0.4, -0.2) is 71.2 Å². The van der Waals surface area contributed by atoms with Gasteiger partial charge in [0, 0.05) is 0 Å². The molecule has 2 heterocycles. The number of carbonyl (C=O) groups is 1. The molecule has 2 rings (SSSR count). The van der Waals surface area contributed by atoms with Crippen LogP contribution in [0.3, 0.4) is 0 Å². The zero-order chi connectivity index (χ0) is 12.6. The molecule has 0 aromatic rings. The van der Waals surface area contributed by atoms with Crippen molar-refractivity contribution in [2.75, 3.05) is 52.9 Å². The molecule has 18 heavy (non-hydrogen) atoms. The average Bonchev–Trinajstić information content (AvgIpc) is 2.45. The summed E-state index contributed by atoms with van der Waals surface area (Å²) < 4.78 is 30.8. The predicted molar refractivity (Wildman–Crippen MR) is 58.4 cm³/mol. The normalized spacial score (nSPS) is 28.7. The molecule has 2 fully saturated rings. The fourth-order valence-corrected chi connectivity index (χ4v) is 1.63. The van der Waals surface area contributed by atoms with Gasteiger partial charge >= 0.3 is 6.16 Å². The standard InChI is InChI=1S/C11H18O7/c12-11(17-7-9-5-13-1-3-15-9)18-8-10-6-14-2-4-16-10/h9-10H,1-8H2. The summed E-state index contributed by atoms with van der Waals surface area (Å²) in [6.45, 7) is 3.37. The van der Waals surface area contributed by atoms with E-state index >= 15 is 0 Å². The number of rotatable bonds is 4. The lowest BCUT2D eigenvalue weighted by molar-refractivity contribution is -0.122. The zero-order valence-corrected chi connectivity index (χ0v) is 10.2. The molecule has 2 saturated heterocycles. The molecule has 0 aromatic heterocycles. The fraction of sp³-hybridized carbons (Fsp3) is 0.909. The molecule has 2 aliphatic rings. The van der Waals surface area contributed by atoms with Gasteiger partial charge in [-0.15, -0.1) is 0 Å². The monoisotopic (exact) mass is 262 g/mol. The molecular formula is C11H18O7. The van der Waals surface area contributed by atoms with Crippen molar-refractivity contribution in [2.24, 2.45) is 0 Å². The molecule has 0 radical (unpaired) electrons. The highest BCUT2D eigenvalue weighted by atomic mass is 16.7. The van der Waals surface area contributed by atoms with E-state index in [1.807, 2.05) is 0 Å². The highest BCUT2D eigenvalue weighted by molar-refractivity contribution is 5.59. The molecule has 0 spiro atoms. The van der Waals surface area contributed by atoms with Gasteiger partial charge in [0.15, 0.2) is 0 Å². The van der Waals surface area contributed by atoms with Crippen LogP contribution in [0.4, 0.5) is 4.79 Å². The van der Waals surface area contributed by atoms with Gasteiger partial charge in [-0.1, -0.05) is 0 Å². The number of hydrogen-bond donors (Lipinski definition) is 0. The van der Waals surface area contributed by atoms with E-state index in [4.69, 9.17) is 28.4 Å². The largest absolute Gasteiger partial charge is 0.508 e. The van der Waals surface area contributed by atoms with Crippen molar-refractivity contribution in [2.45, 2.75) is 12.2 Å². The minimum atomic E-state index is -0.724. The van der Waals surface area contributed by atoms with Crippen molar-refractivity contribution < 1.29 is 33.2 Å². The van der Waals surface area contributed by atoms with Gasteiger partial charge in [-0.2, -0.15) is 0 Å². The molecule has 7 heteroatoms. The molecule has 2 atom stereocenters. The van der Waals surface area contributed by atoms with E-state index in [-0.39, 0.29) is 25.4 Å². The lowest BCUT2D eigenvalue weighted by atomic mass is 10.4. The van der Waals surface area contributed by atoms with Crippen LogP contribution in [-0.2, 0) is 28.4 Å². The molecule has 0 N–H and O–H groups in total. The van der Waals surface area contributed by atoms with Crippen molar-refractivity contribution in [3.63, 3.8) is 0 Å². The summed E-state index contributed by atoms with van der Waals surface area (Å²) in [5, 5.41) is 0. The Hall–Kier alpha value is -0.890. The first-order valence-corrected chi connectivity index (χ1v) is 6.03. The summed E-state index contributed by atoms with van der Waals surface area (Å²) in [4.78, 5) is 11.3. The summed E-state index contributed by atoms with van der Waals surface area (Å²) in [6.07, 6.45) is -1.14. The maximum Gasteiger partial charge on any atom is 0.508 e. The molecule has 104 valence electrons. The summed E-state index contributed by atoms with van der Waals surface area (Å²) in [5.74, 6) is 0. The molecule has 0 bridgehead atoms. The minimum absolute atomic E-state index is 0.140. The van der Waals surface area contributed by atoms with Crippen molar-refractivity contribution in [3.05, 3.63) is 0 Å². The van der Waals surface area contributed by atoms with E-state index in [2.05, 4.69) is 0 Å². The van der Waals surface area contributed by atoms with Gasteiger partial charge < -0.3 is 28.4 Å². The SMILES string of the molecule is O=C(OCC1COCCO1)OCC1COCCO1. The van der Waals surface area contributed by atoms with Crippen molar-refractivity contribution >= 4 is 6.16 Å². The van der Waals surface area contributed by atoms with E-state index in [0.29, 0.717) is 39.6 Å². The number of hydrogen-bond acceptors (Lipinski definition) is 7. The number of carbonyl (C=O) groups excluding carboxylic acids is 1. The van der Waals surface area contributed by atoms with Gasteiger partial charge in [-0.3, -0.25) is 0 Å². The van der Waals surface area contributed by atoms with Gasteiger partial charge in [-0.25, -0.2) is 4.79 Å². The first-order valence-electron chi connectivity index (χ1n) is 6.03. The average molecular weight is 262 g/mol. The lowest BCUT2D eigenvalue weighted by Crippen LogP contribution is -2.35. The van der Waals surface area contributed by atoms with Gasteiger partial charge in [0.1, 0.15) is 25.4 Å². The second-order valence-electron chi connectivity index (χ2n) is 4.01. The third-order valence-corrected chi connectivity index (χ3v) is 2.54. The Morgan fingerprint density at radius 3 is 1.78 bits per heavy atom. The summed E-state index contributed by atoms with van der Waals surface area (Å²) in [7, 11) is 0. The molecule has 0 aromatic carbocycles. The van der Waals surface area contributed by atoms with Gasteiger partial charge in [0.05, 0.1) is 39.6 Å². The van der Waals surface area contributed by atoms with E-state index in [1.54, 1.807) is 0 Å². The van der Waals surface area contributed by atoms with Crippen molar-refractivity contribution in [1.29, 1.82) is 0 Å². The predicted octanol–water partition coefficient (Wildman–Crippen LogP) is -0.0296. The Morgan fingerprint density at radius 2 is 1.39 bits per heavy atom. The lowest BCUT2D eigenvalue weighted by Gasteiger charge is -2.23. The van der Waals surface area contributed by atoms with Crippen molar-refractivity contribution in [3.8, 4) is 0 Å². The Labute approximate surface area is 105 Å². The topological polar surface area (TPSA) is 72.5 Å². The van der Waals surface area contributed by atoms with Crippen LogP contribution in [0.1, 0.15) is 0 Å². The van der Waals surface area contributed by atoms with E-state index < -0.39 is 6.16 Å². The van der Waals surface area contributed by atoms with Gasteiger partial charge in [-0.05, 0) is 0 Å². The highest BCUT2D eigenvalue weighted by Crippen LogP contribution is 2.04. The van der Waals surface area contributed by atoms with E-state index in [0.717, 1.165) is 0 Å². The molecule has 0 aliphatic carbocycles. The molecule has 2 aliphatic heterocycles. The smallest absolute Gasteiger partial charge is 0.431 e. The first-order chi connectivity index (χ1) is 8.84. The van der Waals surface area contributed by atoms with Crippen LogP contribution >= 0.6 is 0 Å². The van der Waals surface area contributed by atoms with Crippen LogP contribution < -0.4 is 0 Å². The summed E-state index contributed by atoms with van der Waals surface area (Å²) in [5.41, 5.74) is 0. The van der Waals surface area contributed by atoms with Crippen LogP contribution in [0.2, 0.25) is 0 Å². The number of ether oxygens (including phenoxy) is 6. The highest BCUT2D eigenvalue weighted by Gasteiger charge is 2.19. The first kappa shape index (κ1) is 13.5.